The monoisotopic (exact) mass is 322 g/mol. The van der Waals surface area contributed by atoms with Crippen LogP contribution in [0.4, 0.5) is 18.0 Å². The second-order valence-corrected chi connectivity index (χ2v) is 6.19. The van der Waals surface area contributed by atoms with E-state index in [4.69, 9.17) is 4.74 Å². The first-order valence-electron chi connectivity index (χ1n) is 6.90. The highest BCUT2D eigenvalue weighted by Gasteiger charge is 2.62. The van der Waals surface area contributed by atoms with Crippen LogP contribution in [-0.4, -0.2) is 47.3 Å². The number of rotatable bonds is 3. The summed E-state index contributed by atoms with van der Waals surface area (Å²) in [6.07, 6.45) is -4.93. The summed E-state index contributed by atoms with van der Waals surface area (Å²) >= 11 is 0. The Bertz CT molecular complexity index is 457. The number of likely N-dealkylation sites (tertiary alicyclic amines) is 1. The molecular formula is C14H21F3N2O3. The molecule has 1 aliphatic heterocycles. The minimum Gasteiger partial charge on any atom is -0.444 e. The first-order chi connectivity index (χ1) is 9.93. The summed E-state index contributed by atoms with van der Waals surface area (Å²) in [5.74, 6) is -0.723. The molecule has 2 amide bonds. The number of alkyl halides is 3. The number of nitrogens with zero attached hydrogens (tertiary/aromatic N) is 1. The maximum absolute atomic E-state index is 13.6. The third-order valence-corrected chi connectivity index (χ3v) is 3.37. The summed E-state index contributed by atoms with van der Waals surface area (Å²) in [6.45, 7) is 7.14. The van der Waals surface area contributed by atoms with Gasteiger partial charge in [0.1, 0.15) is 5.60 Å². The third-order valence-electron chi connectivity index (χ3n) is 3.37. The van der Waals surface area contributed by atoms with E-state index in [0.29, 0.717) is 4.90 Å². The summed E-state index contributed by atoms with van der Waals surface area (Å²) in [4.78, 5) is 24.0. The zero-order valence-corrected chi connectivity index (χ0v) is 12.9. The van der Waals surface area contributed by atoms with Crippen LogP contribution < -0.4 is 5.32 Å². The predicted octanol–water partition coefficient (Wildman–Crippen LogP) is 2.62. The largest absolute Gasteiger partial charge is 0.444 e. The smallest absolute Gasteiger partial charge is 0.413 e. The molecule has 0 aromatic carbocycles. The molecule has 0 aromatic rings. The van der Waals surface area contributed by atoms with E-state index in [-0.39, 0.29) is 19.4 Å². The van der Waals surface area contributed by atoms with Gasteiger partial charge in [0.2, 0.25) is 5.91 Å². The van der Waals surface area contributed by atoms with E-state index in [2.05, 4.69) is 11.9 Å². The van der Waals surface area contributed by atoms with E-state index in [1.807, 2.05) is 0 Å². The Hall–Kier alpha value is -1.73. The lowest BCUT2D eigenvalue weighted by molar-refractivity contribution is -0.217. The van der Waals surface area contributed by atoms with Crippen LogP contribution in [0.1, 0.15) is 33.6 Å². The summed E-state index contributed by atoms with van der Waals surface area (Å²) < 4.78 is 45.8. The first-order valence-corrected chi connectivity index (χ1v) is 6.90. The van der Waals surface area contributed by atoms with Gasteiger partial charge in [-0.3, -0.25) is 9.69 Å². The Kier molecular flexibility index (Phi) is 5.14. The fraction of sp³-hybridized carbons (Fsp3) is 0.714. The summed E-state index contributed by atoms with van der Waals surface area (Å²) in [6, 6.07) is 0. The van der Waals surface area contributed by atoms with E-state index in [1.54, 1.807) is 20.8 Å². The average Bonchev–Trinajstić information content (AvgIpc) is 2.78. The van der Waals surface area contributed by atoms with Crippen LogP contribution in [0.15, 0.2) is 12.7 Å². The summed E-state index contributed by atoms with van der Waals surface area (Å²) in [5.41, 5.74) is -3.35. The number of halogens is 3. The number of hydrogen-bond acceptors (Lipinski definition) is 3. The predicted molar refractivity (Wildman–Crippen MR) is 74.2 cm³/mol. The molecule has 0 bridgehead atoms. The lowest BCUT2D eigenvalue weighted by Crippen LogP contribution is -2.63. The van der Waals surface area contributed by atoms with Crippen LogP contribution in [0.3, 0.4) is 0 Å². The van der Waals surface area contributed by atoms with Crippen LogP contribution >= 0.6 is 0 Å². The normalized spacial score (nSPS) is 22.4. The van der Waals surface area contributed by atoms with E-state index >= 15 is 0 Å². The molecule has 5 nitrogen and oxygen atoms in total. The van der Waals surface area contributed by atoms with Crippen LogP contribution in [-0.2, 0) is 9.53 Å². The number of carbonyl (C=O) groups excluding carboxylic acids is 2. The highest BCUT2D eigenvalue weighted by Crippen LogP contribution is 2.43. The van der Waals surface area contributed by atoms with Crippen molar-refractivity contribution in [3.05, 3.63) is 12.7 Å². The third kappa shape index (κ3) is 3.92. The van der Waals surface area contributed by atoms with Crippen molar-refractivity contribution in [2.24, 2.45) is 0 Å². The van der Waals surface area contributed by atoms with Crippen molar-refractivity contribution in [2.75, 3.05) is 13.1 Å². The van der Waals surface area contributed by atoms with Crippen molar-refractivity contribution in [3.63, 3.8) is 0 Å². The zero-order valence-electron chi connectivity index (χ0n) is 12.9. The molecule has 0 saturated carbocycles. The van der Waals surface area contributed by atoms with Gasteiger partial charge in [-0.1, -0.05) is 6.58 Å². The van der Waals surface area contributed by atoms with Crippen molar-refractivity contribution in [2.45, 2.75) is 50.9 Å². The number of carbonyl (C=O) groups is 2. The minimum atomic E-state index is -4.69. The molecule has 1 N–H and O–H groups in total. The lowest BCUT2D eigenvalue weighted by atomic mass is 9.95. The minimum absolute atomic E-state index is 0.0710. The van der Waals surface area contributed by atoms with E-state index in [1.165, 1.54) is 0 Å². The SMILES string of the molecule is C=CC(=O)NCC1(C(F)(F)F)CCCN1C(=O)OC(C)(C)C. The molecule has 1 unspecified atom stereocenters. The molecule has 126 valence electrons. The van der Waals surface area contributed by atoms with Crippen molar-refractivity contribution in [1.82, 2.24) is 10.2 Å². The number of ether oxygens (including phenoxy) is 1. The van der Waals surface area contributed by atoms with Gasteiger partial charge in [-0.2, -0.15) is 13.2 Å². The standard InChI is InChI=1S/C14H21F3N2O3/c1-5-10(20)18-9-13(14(15,16)17)7-6-8-19(13)11(21)22-12(2,3)4/h5H,1,6-9H2,2-4H3,(H,18,20). The van der Waals surface area contributed by atoms with Crippen molar-refractivity contribution in [3.8, 4) is 0 Å². The Balaban J connectivity index is 3.05. The van der Waals surface area contributed by atoms with Gasteiger partial charge in [-0.15, -0.1) is 0 Å². The molecule has 0 radical (unpaired) electrons. The average molecular weight is 322 g/mol. The maximum atomic E-state index is 13.6. The van der Waals surface area contributed by atoms with Gasteiger partial charge in [0.25, 0.3) is 0 Å². The molecule has 1 fully saturated rings. The van der Waals surface area contributed by atoms with Gasteiger partial charge in [0.05, 0.1) is 6.54 Å². The molecule has 22 heavy (non-hydrogen) atoms. The van der Waals surface area contributed by atoms with Crippen LogP contribution in [0.25, 0.3) is 0 Å². The second-order valence-electron chi connectivity index (χ2n) is 6.19. The highest BCUT2D eigenvalue weighted by atomic mass is 19.4. The van der Waals surface area contributed by atoms with Crippen LogP contribution in [0.5, 0.6) is 0 Å². The molecule has 8 heteroatoms. The number of nitrogens with one attached hydrogen (secondary N) is 1. The highest BCUT2D eigenvalue weighted by molar-refractivity contribution is 5.87. The Morgan fingerprint density at radius 2 is 1.95 bits per heavy atom. The number of amides is 2. The fourth-order valence-electron chi connectivity index (χ4n) is 2.35. The van der Waals surface area contributed by atoms with Crippen molar-refractivity contribution >= 4 is 12.0 Å². The Labute approximate surface area is 127 Å². The molecule has 1 heterocycles. The van der Waals surface area contributed by atoms with Gasteiger partial charge in [0.15, 0.2) is 5.54 Å². The fourth-order valence-corrected chi connectivity index (χ4v) is 2.35. The molecule has 0 spiro atoms. The topological polar surface area (TPSA) is 58.6 Å². The van der Waals surface area contributed by atoms with Gasteiger partial charge >= 0.3 is 12.3 Å². The van der Waals surface area contributed by atoms with Crippen molar-refractivity contribution in [1.29, 1.82) is 0 Å². The Morgan fingerprint density at radius 3 is 2.41 bits per heavy atom. The quantitative estimate of drug-likeness (QED) is 0.813. The molecule has 1 atom stereocenters. The van der Waals surface area contributed by atoms with Gasteiger partial charge < -0.3 is 10.1 Å². The summed E-state index contributed by atoms with van der Waals surface area (Å²) in [7, 11) is 0. The van der Waals surface area contributed by atoms with Gasteiger partial charge in [-0.05, 0) is 39.7 Å². The molecule has 1 rings (SSSR count). The van der Waals surface area contributed by atoms with Gasteiger partial charge in [-0.25, -0.2) is 4.79 Å². The van der Waals surface area contributed by atoms with Crippen molar-refractivity contribution < 1.29 is 27.5 Å². The van der Waals surface area contributed by atoms with Crippen LogP contribution in [0, 0.1) is 0 Å². The maximum Gasteiger partial charge on any atom is 0.413 e. The first kappa shape index (κ1) is 18.3. The van der Waals surface area contributed by atoms with Gasteiger partial charge in [0, 0.05) is 6.54 Å². The molecule has 0 aliphatic carbocycles. The summed E-state index contributed by atoms with van der Waals surface area (Å²) in [5, 5.41) is 2.14. The molecule has 0 aromatic heterocycles. The lowest BCUT2D eigenvalue weighted by Gasteiger charge is -2.40. The number of hydrogen-bond donors (Lipinski definition) is 1. The van der Waals surface area contributed by atoms with E-state index in [9.17, 15) is 22.8 Å². The molecule has 1 saturated heterocycles. The zero-order chi connectivity index (χ0) is 17.2. The van der Waals surface area contributed by atoms with E-state index < -0.39 is 35.9 Å². The van der Waals surface area contributed by atoms with Crippen LogP contribution in [0.2, 0.25) is 0 Å². The second kappa shape index (κ2) is 6.18. The van der Waals surface area contributed by atoms with E-state index in [0.717, 1.165) is 6.08 Å². The molecular weight excluding hydrogens is 301 g/mol. The molecule has 1 aliphatic rings. The Morgan fingerprint density at radius 1 is 1.36 bits per heavy atom.